The molecule has 1 nitrogen and oxygen atoms in total. The van der Waals surface area contributed by atoms with Crippen LogP contribution in [0.3, 0.4) is 0 Å². The molecule has 0 heterocycles. The molecule has 2 rings (SSSR count). The van der Waals surface area contributed by atoms with Crippen LogP contribution >= 0.6 is 0 Å². The summed E-state index contributed by atoms with van der Waals surface area (Å²) in [6.45, 7) is 4.52. The average molecular weight is 338 g/mol. The molecule has 1 heteroatoms. The highest BCUT2D eigenvalue weighted by atomic mass is 14.9. The molecular weight excluding hydrogens is 302 g/mol. The topological polar surface area (TPSA) is 12.0 Å². The molecule has 0 saturated carbocycles. The highest BCUT2D eigenvalue weighted by Gasteiger charge is 2.00. The first kappa shape index (κ1) is 19.6. The van der Waals surface area contributed by atoms with E-state index in [1.165, 1.54) is 86.7 Å². The highest BCUT2D eigenvalue weighted by Crippen LogP contribution is 2.21. The van der Waals surface area contributed by atoms with Gasteiger partial charge in [0.25, 0.3) is 0 Å². The third-order valence-corrected chi connectivity index (χ3v) is 4.78. The number of hydrogen-bond donors (Lipinski definition) is 1. The lowest BCUT2D eigenvalue weighted by Gasteiger charge is -2.10. The minimum Gasteiger partial charge on any atom is -0.356 e. The molecule has 0 aliphatic carbocycles. The summed E-state index contributed by atoms with van der Waals surface area (Å²) in [5.74, 6) is 0. The van der Waals surface area contributed by atoms with Crippen LogP contribution in [0.25, 0.3) is 0 Å². The predicted octanol–water partition coefficient (Wildman–Crippen LogP) is 7.68. The smallest absolute Gasteiger partial charge is 0.0386 e. The second-order valence-electron chi connectivity index (χ2n) is 7.15. The molecule has 0 amide bonds. The lowest BCUT2D eigenvalue weighted by atomic mass is 10.0. The Morgan fingerprint density at radius 3 is 1.72 bits per heavy atom. The van der Waals surface area contributed by atoms with Crippen molar-refractivity contribution >= 4 is 11.4 Å². The van der Waals surface area contributed by atoms with Gasteiger partial charge in [-0.3, -0.25) is 0 Å². The minimum absolute atomic E-state index is 1.17. The first-order chi connectivity index (χ1) is 12.3. The number of rotatable bonds is 12. The summed E-state index contributed by atoms with van der Waals surface area (Å²) in [5, 5.41) is 3.58. The minimum atomic E-state index is 1.17. The van der Waals surface area contributed by atoms with Crippen molar-refractivity contribution in [3.8, 4) is 0 Å². The van der Waals surface area contributed by atoms with Gasteiger partial charge >= 0.3 is 0 Å². The summed E-state index contributed by atoms with van der Waals surface area (Å²) < 4.78 is 0. The van der Waals surface area contributed by atoms with Crippen molar-refractivity contribution in [1.29, 1.82) is 0 Å². The Hall–Kier alpha value is -1.76. The van der Waals surface area contributed by atoms with Crippen LogP contribution in [-0.2, 0) is 12.8 Å². The molecule has 1 N–H and O–H groups in total. The van der Waals surface area contributed by atoms with Crippen molar-refractivity contribution < 1.29 is 0 Å². The van der Waals surface area contributed by atoms with E-state index in [9.17, 15) is 0 Å². The Balaban J connectivity index is 1.84. The molecule has 0 aliphatic heterocycles. The zero-order valence-corrected chi connectivity index (χ0v) is 16.2. The van der Waals surface area contributed by atoms with Gasteiger partial charge in [-0.15, -0.1) is 0 Å². The molecule has 2 aromatic rings. The van der Waals surface area contributed by atoms with E-state index >= 15 is 0 Å². The maximum absolute atomic E-state index is 3.58. The summed E-state index contributed by atoms with van der Waals surface area (Å²) in [5.41, 5.74) is 5.28. The summed E-state index contributed by atoms with van der Waals surface area (Å²) in [6, 6.07) is 17.8. The molecule has 25 heavy (non-hydrogen) atoms. The fraction of sp³-hybridized carbons (Fsp3) is 0.500. The quantitative estimate of drug-likeness (QED) is 0.392. The molecule has 0 radical (unpaired) electrons. The van der Waals surface area contributed by atoms with Gasteiger partial charge in [0, 0.05) is 11.4 Å². The number of nitrogens with one attached hydrogen (secondary N) is 1. The van der Waals surface area contributed by atoms with Crippen molar-refractivity contribution in [1.82, 2.24) is 0 Å². The molecule has 136 valence electrons. The maximum Gasteiger partial charge on any atom is 0.0386 e. The summed E-state index contributed by atoms with van der Waals surface area (Å²) in [7, 11) is 0. The van der Waals surface area contributed by atoms with Crippen LogP contribution in [-0.4, -0.2) is 0 Å². The second kappa shape index (κ2) is 11.7. The predicted molar refractivity (Wildman–Crippen MR) is 112 cm³/mol. The Labute approximate surface area is 154 Å². The van der Waals surface area contributed by atoms with Gasteiger partial charge < -0.3 is 5.32 Å². The Morgan fingerprint density at radius 1 is 0.600 bits per heavy atom. The molecule has 2 aromatic carbocycles. The van der Waals surface area contributed by atoms with Gasteiger partial charge in [-0.2, -0.15) is 0 Å². The van der Waals surface area contributed by atoms with E-state index in [2.05, 4.69) is 67.7 Å². The van der Waals surface area contributed by atoms with E-state index in [0.717, 1.165) is 0 Å². The van der Waals surface area contributed by atoms with Crippen molar-refractivity contribution in [2.75, 3.05) is 5.32 Å². The lowest BCUT2D eigenvalue weighted by molar-refractivity contribution is 0.607. The fourth-order valence-corrected chi connectivity index (χ4v) is 3.27. The summed E-state index contributed by atoms with van der Waals surface area (Å²) in [6.07, 6.45) is 13.0. The monoisotopic (exact) mass is 337 g/mol. The van der Waals surface area contributed by atoms with E-state index in [-0.39, 0.29) is 0 Å². The average Bonchev–Trinajstić information content (AvgIpc) is 2.63. The largest absolute Gasteiger partial charge is 0.356 e. The van der Waals surface area contributed by atoms with Gasteiger partial charge in [0.15, 0.2) is 0 Å². The van der Waals surface area contributed by atoms with Crippen LogP contribution in [0.15, 0.2) is 48.5 Å². The van der Waals surface area contributed by atoms with Crippen LogP contribution < -0.4 is 5.32 Å². The Bertz CT molecular complexity index is 603. The number of anilines is 2. The second-order valence-corrected chi connectivity index (χ2v) is 7.15. The van der Waals surface area contributed by atoms with Crippen LogP contribution in [0.4, 0.5) is 11.4 Å². The summed E-state index contributed by atoms with van der Waals surface area (Å²) in [4.78, 5) is 0. The standard InChI is InChI=1S/C24H35N/c1-3-5-7-8-9-10-14-22-16-12-18-24(20-22)25-23-17-11-15-21(19-23)13-6-4-2/h11-12,15-20,25H,3-10,13-14H2,1-2H3. The summed E-state index contributed by atoms with van der Waals surface area (Å²) >= 11 is 0. The Kier molecular flexibility index (Phi) is 9.18. The van der Waals surface area contributed by atoms with Gasteiger partial charge in [-0.05, 0) is 61.1 Å². The van der Waals surface area contributed by atoms with E-state index in [0.29, 0.717) is 0 Å². The van der Waals surface area contributed by atoms with Crippen LogP contribution in [0.1, 0.15) is 76.3 Å². The van der Waals surface area contributed by atoms with Crippen molar-refractivity contribution in [3.63, 3.8) is 0 Å². The normalized spacial score (nSPS) is 10.8. The molecule has 0 bridgehead atoms. The fourth-order valence-electron chi connectivity index (χ4n) is 3.27. The molecule has 0 spiro atoms. The zero-order valence-electron chi connectivity index (χ0n) is 16.2. The van der Waals surface area contributed by atoms with E-state index in [4.69, 9.17) is 0 Å². The van der Waals surface area contributed by atoms with Crippen molar-refractivity contribution in [3.05, 3.63) is 59.7 Å². The van der Waals surface area contributed by atoms with Crippen LogP contribution in [0, 0.1) is 0 Å². The first-order valence-corrected chi connectivity index (χ1v) is 10.3. The number of aryl methyl sites for hydroxylation is 2. The molecular formula is C24H35N. The molecule has 0 fully saturated rings. The van der Waals surface area contributed by atoms with Crippen LogP contribution in [0.2, 0.25) is 0 Å². The molecule has 0 unspecified atom stereocenters. The number of hydrogen-bond acceptors (Lipinski definition) is 1. The van der Waals surface area contributed by atoms with Crippen molar-refractivity contribution in [2.45, 2.75) is 78.1 Å². The van der Waals surface area contributed by atoms with Gasteiger partial charge in [-0.1, -0.05) is 76.6 Å². The van der Waals surface area contributed by atoms with E-state index < -0.39 is 0 Å². The molecule has 0 aliphatic rings. The van der Waals surface area contributed by atoms with Crippen LogP contribution in [0.5, 0.6) is 0 Å². The van der Waals surface area contributed by atoms with Gasteiger partial charge in [0.05, 0.1) is 0 Å². The zero-order chi connectivity index (χ0) is 17.7. The Morgan fingerprint density at radius 2 is 1.12 bits per heavy atom. The first-order valence-electron chi connectivity index (χ1n) is 10.3. The third kappa shape index (κ3) is 7.77. The molecule has 0 saturated heterocycles. The maximum atomic E-state index is 3.58. The number of benzene rings is 2. The van der Waals surface area contributed by atoms with Crippen molar-refractivity contribution in [2.24, 2.45) is 0 Å². The highest BCUT2D eigenvalue weighted by molar-refractivity contribution is 5.61. The molecule has 0 atom stereocenters. The number of unbranched alkanes of at least 4 members (excludes halogenated alkanes) is 6. The lowest BCUT2D eigenvalue weighted by Crippen LogP contribution is -1.94. The van der Waals surface area contributed by atoms with E-state index in [1.807, 2.05) is 0 Å². The van der Waals surface area contributed by atoms with E-state index in [1.54, 1.807) is 0 Å². The van der Waals surface area contributed by atoms with Gasteiger partial charge in [0.1, 0.15) is 0 Å². The van der Waals surface area contributed by atoms with Gasteiger partial charge in [-0.25, -0.2) is 0 Å². The molecule has 0 aromatic heterocycles. The SMILES string of the molecule is CCCCCCCCc1cccc(Nc2cccc(CCCC)c2)c1. The third-order valence-electron chi connectivity index (χ3n) is 4.78. The van der Waals surface area contributed by atoms with Gasteiger partial charge in [0.2, 0.25) is 0 Å².